The van der Waals surface area contributed by atoms with Crippen molar-refractivity contribution in [2.45, 2.75) is 20.3 Å². The van der Waals surface area contributed by atoms with Crippen LogP contribution in [0.2, 0.25) is 0 Å². The lowest BCUT2D eigenvalue weighted by Crippen LogP contribution is -2.32. The van der Waals surface area contributed by atoms with Crippen molar-refractivity contribution in [3.63, 3.8) is 0 Å². The highest BCUT2D eigenvalue weighted by Crippen LogP contribution is 2.12. The summed E-state index contributed by atoms with van der Waals surface area (Å²) >= 11 is 0. The molecule has 0 radical (unpaired) electrons. The van der Waals surface area contributed by atoms with Crippen LogP contribution in [0, 0.1) is 17.7 Å². The van der Waals surface area contributed by atoms with Gasteiger partial charge in [0, 0.05) is 19.7 Å². The predicted octanol–water partition coefficient (Wildman–Crippen LogP) is 2.56. The average Bonchev–Trinajstić information content (AvgIpc) is 2.33. The van der Waals surface area contributed by atoms with Crippen LogP contribution in [0.5, 0.6) is 0 Å². The Labute approximate surface area is 109 Å². The van der Waals surface area contributed by atoms with Crippen molar-refractivity contribution in [3.8, 4) is 0 Å². The van der Waals surface area contributed by atoms with Crippen LogP contribution in [-0.4, -0.2) is 36.8 Å². The molecule has 0 amide bonds. The molecule has 0 aromatic heterocycles. The van der Waals surface area contributed by atoms with E-state index in [1.807, 2.05) is 13.1 Å². The summed E-state index contributed by atoms with van der Waals surface area (Å²) in [7, 11) is 2.05. The van der Waals surface area contributed by atoms with Gasteiger partial charge in [-0.1, -0.05) is 26.0 Å². The molecule has 18 heavy (non-hydrogen) atoms. The summed E-state index contributed by atoms with van der Waals surface area (Å²) in [4.78, 5) is 2.20. The number of hydrogen-bond acceptors (Lipinski definition) is 2. The number of hydrogen-bond donors (Lipinski definition) is 1. The highest BCUT2D eigenvalue weighted by atomic mass is 19.1. The van der Waals surface area contributed by atoms with Crippen molar-refractivity contribution in [1.82, 2.24) is 4.90 Å². The van der Waals surface area contributed by atoms with Gasteiger partial charge in [0.2, 0.25) is 0 Å². The van der Waals surface area contributed by atoms with E-state index in [1.165, 1.54) is 6.07 Å². The van der Waals surface area contributed by atoms with Crippen molar-refractivity contribution in [3.05, 3.63) is 35.6 Å². The van der Waals surface area contributed by atoms with E-state index in [0.717, 1.165) is 25.1 Å². The molecule has 0 spiro atoms. The average molecular weight is 253 g/mol. The lowest BCUT2D eigenvalue weighted by atomic mass is 9.96. The highest BCUT2D eigenvalue weighted by Gasteiger charge is 2.14. The molecule has 0 saturated heterocycles. The maximum atomic E-state index is 13.0. The summed E-state index contributed by atoms with van der Waals surface area (Å²) in [6.45, 7) is 6.24. The fourth-order valence-corrected chi connectivity index (χ4v) is 1.98. The van der Waals surface area contributed by atoms with Gasteiger partial charge in [-0.25, -0.2) is 4.39 Å². The summed E-state index contributed by atoms with van der Waals surface area (Å²) in [6.07, 6.45) is 0.838. The summed E-state index contributed by atoms with van der Waals surface area (Å²) in [5.41, 5.74) is 1.02. The van der Waals surface area contributed by atoms with E-state index in [2.05, 4.69) is 18.7 Å². The molecule has 0 fully saturated rings. The van der Waals surface area contributed by atoms with Gasteiger partial charge < -0.3 is 10.0 Å². The quantitative estimate of drug-likeness (QED) is 0.807. The van der Waals surface area contributed by atoms with Crippen molar-refractivity contribution in [2.24, 2.45) is 11.8 Å². The third-order valence-electron chi connectivity index (χ3n) is 3.39. The minimum atomic E-state index is -0.175. The Morgan fingerprint density at radius 2 is 2.06 bits per heavy atom. The Morgan fingerprint density at radius 1 is 1.33 bits per heavy atom. The molecule has 102 valence electrons. The first-order valence-electron chi connectivity index (χ1n) is 6.56. The molecule has 1 unspecified atom stereocenters. The number of likely N-dealkylation sites (N-methyl/N-ethyl adjacent to an activating group) is 1. The number of aliphatic hydroxyl groups excluding tert-OH is 1. The van der Waals surface area contributed by atoms with Crippen LogP contribution in [0.25, 0.3) is 0 Å². The molecule has 0 heterocycles. The van der Waals surface area contributed by atoms with Gasteiger partial charge in [0.05, 0.1) is 0 Å². The van der Waals surface area contributed by atoms with Gasteiger partial charge in [-0.2, -0.15) is 0 Å². The first-order valence-corrected chi connectivity index (χ1v) is 6.56. The zero-order valence-electron chi connectivity index (χ0n) is 11.6. The van der Waals surface area contributed by atoms with Crippen LogP contribution in [-0.2, 0) is 6.42 Å². The lowest BCUT2D eigenvalue weighted by Gasteiger charge is -2.25. The number of aliphatic hydroxyl groups is 1. The van der Waals surface area contributed by atoms with Gasteiger partial charge in [0.25, 0.3) is 0 Å². The van der Waals surface area contributed by atoms with Crippen molar-refractivity contribution in [1.29, 1.82) is 0 Å². The van der Waals surface area contributed by atoms with Crippen LogP contribution >= 0.6 is 0 Å². The van der Waals surface area contributed by atoms with E-state index in [-0.39, 0.29) is 12.4 Å². The molecule has 1 atom stereocenters. The maximum Gasteiger partial charge on any atom is 0.123 e. The number of halogens is 1. The van der Waals surface area contributed by atoms with Crippen LogP contribution in [0.15, 0.2) is 24.3 Å². The van der Waals surface area contributed by atoms with E-state index in [4.69, 9.17) is 0 Å². The second-order valence-electron chi connectivity index (χ2n) is 5.33. The number of rotatable bonds is 7. The van der Waals surface area contributed by atoms with Gasteiger partial charge in [-0.05, 0) is 43.0 Å². The molecule has 0 bridgehead atoms. The molecular weight excluding hydrogens is 229 g/mol. The first kappa shape index (κ1) is 15.1. The molecular formula is C15H24FNO. The van der Waals surface area contributed by atoms with E-state index < -0.39 is 0 Å². The standard InChI is InChI=1S/C15H24FNO/c1-12(2)14(11-18)10-17(3)8-7-13-5-4-6-15(16)9-13/h4-6,9,12,14,18H,7-8,10-11H2,1-3H3. The van der Waals surface area contributed by atoms with Gasteiger partial charge in [0.1, 0.15) is 5.82 Å². The van der Waals surface area contributed by atoms with E-state index in [1.54, 1.807) is 12.1 Å². The molecule has 0 aliphatic rings. The third kappa shape index (κ3) is 5.15. The fraction of sp³-hybridized carbons (Fsp3) is 0.600. The molecule has 0 aliphatic heterocycles. The Balaban J connectivity index is 2.39. The largest absolute Gasteiger partial charge is 0.396 e. The number of nitrogens with zero attached hydrogens (tertiary/aromatic N) is 1. The highest BCUT2D eigenvalue weighted by molar-refractivity contribution is 5.16. The summed E-state index contributed by atoms with van der Waals surface area (Å²) in [6, 6.07) is 6.74. The molecule has 1 aromatic rings. The zero-order chi connectivity index (χ0) is 13.5. The predicted molar refractivity (Wildman–Crippen MR) is 73.0 cm³/mol. The SMILES string of the molecule is CC(C)C(CO)CN(C)CCc1cccc(F)c1. The smallest absolute Gasteiger partial charge is 0.123 e. The van der Waals surface area contributed by atoms with Crippen LogP contribution in [0.1, 0.15) is 19.4 Å². The van der Waals surface area contributed by atoms with Crippen molar-refractivity contribution in [2.75, 3.05) is 26.7 Å². The zero-order valence-corrected chi connectivity index (χ0v) is 11.6. The monoisotopic (exact) mass is 253 g/mol. The Bertz CT molecular complexity index is 354. The molecule has 0 saturated carbocycles. The lowest BCUT2D eigenvalue weighted by molar-refractivity contribution is 0.147. The summed E-state index contributed by atoms with van der Waals surface area (Å²) in [5, 5.41) is 9.29. The molecule has 2 nitrogen and oxygen atoms in total. The summed E-state index contributed by atoms with van der Waals surface area (Å²) < 4.78 is 13.0. The van der Waals surface area contributed by atoms with Crippen LogP contribution in [0.4, 0.5) is 4.39 Å². The van der Waals surface area contributed by atoms with E-state index >= 15 is 0 Å². The molecule has 1 rings (SSSR count). The van der Waals surface area contributed by atoms with Crippen LogP contribution in [0.3, 0.4) is 0 Å². The number of benzene rings is 1. The van der Waals surface area contributed by atoms with Gasteiger partial charge in [0.15, 0.2) is 0 Å². The minimum Gasteiger partial charge on any atom is -0.396 e. The Morgan fingerprint density at radius 3 is 2.61 bits per heavy atom. The Hall–Kier alpha value is -0.930. The normalized spacial score (nSPS) is 13.3. The van der Waals surface area contributed by atoms with Gasteiger partial charge in [-0.3, -0.25) is 0 Å². The van der Waals surface area contributed by atoms with E-state index in [0.29, 0.717) is 11.8 Å². The third-order valence-corrected chi connectivity index (χ3v) is 3.39. The maximum absolute atomic E-state index is 13.0. The molecule has 1 aromatic carbocycles. The summed E-state index contributed by atoms with van der Waals surface area (Å²) in [5.74, 6) is 0.611. The topological polar surface area (TPSA) is 23.5 Å². The second kappa shape index (κ2) is 7.49. The van der Waals surface area contributed by atoms with Crippen molar-refractivity contribution < 1.29 is 9.50 Å². The molecule has 1 N–H and O–H groups in total. The fourth-order valence-electron chi connectivity index (χ4n) is 1.98. The molecule has 0 aliphatic carbocycles. The van der Waals surface area contributed by atoms with Gasteiger partial charge >= 0.3 is 0 Å². The van der Waals surface area contributed by atoms with E-state index in [9.17, 15) is 9.50 Å². The second-order valence-corrected chi connectivity index (χ2v) is 5.33. The van der Waals surface area contributed by atoms with Crippen LogP contribution < -0.4 is 0 Å². The van der Waals surface area contributed by atoms with Crippen molar-refractivity contribution >= 4 is 0 Å². The first-order chi connectivity index (χ1) is 8.52. The minimum absolute atomic E-state index is 0.175. The van der Waals surface area contributed by atoms with Gasteiger partial charge in [-0.15, -0.1) is 0 Å². The Kier molecular flexibility index (Phi) is 6.30. The molecule has 3 heteroatoms.